The van der Waals surface area contributed by atoms with Crippen LogP contribution in [0.15, 0.2) is 146 Å². The predicted octanol–water partition coefficient (Wildman–Crippen LogP) is 13.7. The van der Waals surface area contributed by atoms with Gasteiger partial charge in [0.2, 0.25) is 0 Å². The summed E-state index contributed by atoms with van der Waals surface area (Å²) < 4.78 is 57.8. The van der Waals surface area contributed by atoms with Crippen molar-refractivity contribution >= 4 is 54.8 Å². The van der Waals surface area contributed by atoms with Crippen LogP contribution in [-0.4, -0.2) is 95.7 Å². The van der Waals surface area contributed by atoms with Crippen molar-refractivity contribution in [2.24, 2.45) is 11.8 Å². The fraction of sp³-hybridized carbons (Fsp3) is 0.515. The first-order chi connectivity index (χ1) is 37.8. The number of fused-ring (bicyclic) bond motifs is 4. The van der Waals surface area contributed by atoms with Crippen LogP contribution in [0.25, 0.3) is 21.5 Å². The van der Waals surface area contributed by atoms with E-state index in [1.165, 1.54) is 31.9 Å². The van der Waals surface area contributed by atoms with E-state index in [-0.39, 0.29) is 72.3 Å². The van der Waals surface area contributed by atoms with Crippen LogP contribution in [0.5, 0.6) is 0 Å². The molecule has 0 radical (unpaired) electrons. The van der Waals surface area contributed by atoms with E-state index in [1.807, 2.05) is 0 Å². The first kappa shape index (κ1) is 57.8. The van der Waals surface area contributed by atoms with Gasteiger partial charge in [0.05, 0.1) is 79.4 Å². The second kappa shape index (κ2) is 24.2. The van der Waals surface area contributed by atoms with E-state index in [4.69, 9.17) is 37.3 Å². The molecule has 4 fully saturated rings. The molecule has 4 aliphatic rings. The summed E-state index contributed by atoms with van der Waals surface area (Å²) in [5.74, 6) is 0.473. The van der Waals surface area contributed by atoms with E-state index in [2.05, 4.69) is 214 Å². The third-order valence-corrected chi connectivity index (χ3v) is 23.8. The van der Waals surface area contributed by atoms with Crippen molar-refractivity contribution in [3.8, 4) is 0 Å². The molecular formula is C68H88O9Si2. The summed E-state index contributed by atoms with van der Waals surface area (Å²) in [6.07, 6.45) is 4.46. The zero-order valence-corrected chi connectivity index (χ0v) is 50.7. The lowest BCUT2D eigenvalue weighted by Gasteiger charge is -2.58. The van der Waals surface area contributed by atoms with Gasteiger partial charge < -0.3 is 42.1 Å². The molecule has 0 spiro atoms. The highest BCUT2D eigenvalue weighted by molar-refractivity contribution is 6.99. The molecule has 0 bridgehead atoms. The maximum absolute atomic E-state index is 12.2. The Morgan fingerprint density at radius 1 is 0.696 bits per heavy atom. The Bertz CT molecular complexity index is 2920. The van der Waals surface area contributed by atoms with Gasteiger partial charge in [-0.3, -0.25) is 0 Å². The van der Waals surface area contributed by atoms with Gasteiger partial charge in [-0.25, -0.2) is 0 Å². The minimum absolute atomic E-state index is 0.0162. The molecule has 0 saturated carbocycles. The van der Waals surface area contributed by atoms with E-state index in [9.17, 15) is 4.79 Å². The lowest BCUT2D eigenvalue weighted by atomic mass is 9.74. The monoisotopic (exact) mass is 1100 g/mol. The maximum Gasteiger partial charge on any atom is 0.261 e. The van der Waals surface area contributed by atoms with Gasteiger partial charge in [0.1, 0.15) is 6.29 Å². The van der Waals surface area contributed by atoms with Gasteiger partial charge >= 0.3 is 0 Å². The molecule has 6 aromatic rings. The Morgan fingerprint density at radius 2 is 1.29 bits per heavy atom. The van der Waals surface area contributed by atoms with E-state index in [1.54, 1.807) is 0 Å². The molecule has 0 N–H and O–H groups in total. The summed E-state index contributed by atoms with van der Waals surface area (Å²) in [5, 5.41) is 7.26. The average molecular weight is 1110 g/mol. The average Bonchev–Trinajstić information content (AvgIpc) is 3.89. The number of benzene rings is 6. The van der Waals surface area contributed by atoms with Crippen molar-refractivity contribution in [2.75, 3.05) is 6.61 Å². The molecule has 4 heterocycles. The fourth-order valence-corrected chi connectivity index (χ4v) is 20.5. The summed E-state index contributed by atoms with van der Waals surface area (Å²) >= 11 is 0. The SMILES string of the molecule is C[C@@H]1C[C@H](C[C@H](C[C@H]2O[C@H]3C[C@H]4O[C@@H](CC=O)[C@](C)(O[Si](C)(C)C)C[C@]4(C)O[C@@H]3CC[C@@H]2OCc2ccc3ccccc3c2)OCc2ccc3ccccc3c2)O[C@H]1[C@@H](C)CO[Si](c1ccccc1)(c1ccccc1)C(C)(C)C. The summed E-state index contributed by atoms with van der Waals surface area (Å²) in [5.41, 5.74) is 0.971. The molecule has 0 unspecified atom stereocenters. The van der Waals surface area contributed by atoms with Crippen molar-refractivity contribution in [2.45, 2.75) is 204 Å². The van der Waals surface area contributed by atoms with Gasteiger partial charge in [-0.2, -0.15) is 0 Å². The van der Waals surface area contributed by atoms with Crippen molar-refractivity contribution in [1.82, 2.24) is 0 Å². The van der Waals surface area contributed by atoms with Crippen LogP contribution >= 0.6 is 0 Å². The largest absolute Gasteiger partial charge is 0.410 e. The smallest absolute Gasteiger partial charge is 0.261 e. The zero-order valence-electron chi connectivity index (χ0n) is 48.7. The minimum Gasteiger partial charge on any atom is -0.410 e. The normalized spacial score (nSPS) is 29.4. The number of ether oxygens (including phenoxy) is 6. The highest BCUT2D eigenvalue weighted by Gasteiger charge is 2.59. The molecule has 79 heavy (non-hydrogen) atoms. The van der Waals surface area contributed by atoms with Crippen LogP contribution in [0.4, 0.5) is 0 Å². The van der Waals surface area contributed by atoms with Crippen LogP contribution < -0.4 is 10.4 Å². The molecule has 10 rings (SSSR count). The van der Waals surface area contributed by atoms with Crippen molar-refractivity contribution in [3.05, 3.63) is 157 Å². The van der Waals surface area contributed by atoms with Gasteiger partial charge in [0.15, 0.2) is 8.32 Å². The summed E-state index contributed by atoms with van der Waals surface area (Å²) in [6, 6.07) is 52.1. The van der Waals surface area contributed by atoms with Gasteiger partial charge in [0, 0.05) is 38.2 Å². The Morgan fingerprint density at radius 3 is 1.89 bits per heavy atom. The molecule has 0 aliphatic carbocycles. The molecule has 11 heteroatoms. The Hall–Kier alpha value is -4.38. The lowest BCUT2D eigenvalue weighted by Crippen LogP contribution is -2.67. The van der Waals surface area contributed by atoms with Gasteiger partial charge in [-0.05, 0) is 125 Å². The van der Waals surface area contributed by atoms with Gasteiger partial charge in [-0.15, -0.1) is 0 Å². The Labute approximate surface area is 473 Å². The first-order valence-electron chi connectivity index (χ1n) is 29.5. The third-order valence-electron chi connectivity index (χ3n) is 17.7. The van der Waals surface area contributed by atoms with Crippen LogP contribution in [0, 0.1) is 11.8 Å². The number of carbonyl (C=O) groups is 1. The molecule has 4 saturated heterocycles. The predicted molar refractivity (Wildman–Crippen MR) is 322 cm³/mol. The number of hydrogen-bond donors (Lipinski definition) is 0. The van der Waals surface area contributed by atoms with Crippen LogP contribution in [-0.2, 0) is 55.3 Å². The van der Waals surface area contributed by atoms with Crippen molar-refractivity contribution < 1.29 is 42.1 Å². The third kappa shape index (κ3) is 13.1. The number of hydrogen-bond acceptors (Lipinski definition) is 9. The van der Waals surface area contributed by atoms with Crippen LogP contribution in [0.3, 0.4) is 0 Å². The maximum atomic E-state index is 12.2. The van der Waals surface area contributed by atoms with Crippen LogP contribution in [0.2, 0.25) is 24.7 Å². The summed E-state index contributed by atoms with van der Waals surface area (Å²) in [6.45, 7) is 24.1. The molecule has 4 aliphatic heterocycles. The van der Waals surface area contributed by atoms with E-state index >= 15 is 0 Å². The quantitative estimate of drug-likeness (QED) is 0.0547. The summed E-state index contributed by atoms with van der Waals surface area (Å²) in [4.78, 5) is 12.2. The second-order valence-corrected chi connectivity index (χ2v) is 35.0. The Kier molecular flexibility index (Phi) is 17.7. The topological polar surface area (TPSA) is 90.9 Å². The highest BCUT2D eigenvalue weighted by atomic mass is 28.4. The molecule has 9 nitrogen and oxygen atoms in total. The zero-order chi connectivity index (χ0) is 55.6. The highest BCUT2D eigenvalue weighted by Crippen LogP contribution is 2.49. The molecule has 13 atom stereocenters. The molecule has 422 valence electrons. The van der Waals surface area contributed by atoms with Gasteiger partial charge in [0.25, 0.3) is 8.32 Å². The summed E-state index contributed by atoms with van der Waals surface area (Å²) in [7, 11) is -4.78. The fourth-order valence-electron chi connectivity index (χ4n) is 14.2. The number of rotatable bonds is 20. The second-order valence-electron chi connectivity index (χ2n) is 26.2. The van der Waals surface area contributed by atoms with Crippen molar-refractivity contribution in [1.29, 1.82) is 0 Å². The van der Waals surface area contributed by atoms with E-state index in [0.29, 0.717) is 51.4 Å². The number of aldehydes is 1. The lowest BCUT2D eigenvalue weighted by molar-refractivity contribution is -0.308. The molecule has 0 amide bonds. The van der Waals surface area contributed by atoms with Crippen LogP contribution in [0.1, 0.15) is 111 Å². The molecule has 0 aromatic heterocycles. The van der Waals surface area contributed by atoms with E-state index < -0.39 is 27.8 Å². The van der Waals surface area contributed by atoms with Crippen molar-refractivity contribution in [3.63, 3.8) is 0 Å². The number of carbonyl (C=O) groups excluding carboxylic acids is 1. The standard InChI is InChI=1S/C68H88O9Si2/c1-47-37-56(73-65(47)48(2)43-72-79(66(3,4)5,57-25-13-11-14-26-57)58-27-15-12-16-28-58)40-55(70-44-49-29-31-51-21-17-19-23-53(51)38-49)41-61-59(71-45-50-30-32-52-22-18-20-24-54(52)39-50)33-34-60-62(74-61)42-64-67(6,76-60)46-68(7,77-78(8,9)10)63(75-64)35-36-69/h11-32,36,38-39,47-48,55-56,59-65H,33-35,37,40-46H2,1-10H3/t47-,48+,55-,56-,59+,60-,61-,62+,63+,64-,65-,67+,68-/m1/s1. The Balaban J connectivity index is 0.918. The first-order valence-corrected chi connectivity index (χ1v) is 34.8. The van der Waals surface area contributed by atoms with E-state index in [0.717, 1.165) is 36.7 Å². The molecular weight excluding hydrogens is 1020 g/mol. The van der Waals surface area contributed by atoms with Gasteiger partial charge in [-0.1, -0.05) is 168 Å². The molecule has 6 aromatic carbocycles. The minimum atomic E-state index is -2.75.